The summed E-state index contributed by atoms with van der Waals surface area (Å²) in [6, 6.07) is 1.71. The summed E-state index contributed by atoms with van der Waals surface area (Å²) in [5.41, 5.74) is 5.33. The van der Waals surface area contributed by atoms with E-state index in [-0.39, 0.29) is 11.7 Å². The summed E-state index contributed by atoms with van der Waals surface area (Å²) in [7, 11) is 0. The maximum atomic E-state index is 10.9. The van der Waals surface area contributed by atoms with Crippen LogP contribution in [-0.2, 0) is 0 Å². The second kappa shape index (κ2) is 2.74. The number of hydrogen-bond donors (Lipinski definition) is 1. The Morgan fingerprint density at radius 2 is 2.38 bits per heavy atom. The monoisotopic (exact) mass is 178 g/mol. The number of aromatic nitrogens is 3. The van der Waals surface area contributed by atoms with Gasteiger partial charge in [0.1, 0.15) is 12.0 Å². The van der Waals surface area contributed by atoms with Gasteiger partial charge in [0, 0.05) is 0 Å². The van der Waals surface area contributed by atoms with Gasteiger partial charge in [-0.25, -0.2) is 4.98 Å². The van der Waals surface area contributed by atoms with E-state index in [9.17, 15) is 4.79 Å². The Bertz CT molecular complexity index is 417. The molecule has 2 aromatic rings. The smallest absolute Gasteiger partial charge is 0.323 e. The highest BCUT2D eigenvalue weighted by Gasteiger charge is 2.12. The lowest BCUT2D eigenvalue weighted by atomic mass is 10.4. The Kier molecular flexibility index (Phi) is 1.59. The third-order valence-corrected chi connectivity index (χ3v) is 1.50. The van der Waals surface area contributed by atoms with Gasteiger partial charge in [-0.1, -0.05) is 0 Å². The zero-order valence-electron chi connectivity index (χ0n) is 6.54. The quantitative estimate of drug-likeness (QED) is 0.698. The van der Waals surface area contributed by atoms with Crippen LogP contribution in [0.3, 0.4) is 0 Å². The van der Waals surface area contributed by atoms with Crippen LogP contribution in [0, 0.1) is 0 Å². The molecule has 0 saturated carbocycles. The number of oxazole rings is 1. The largest absolute Gasteiger partial charge is 0.431 e. The van der Waals surface area contributed by atoms with Crippen molar-refractivity contribution in [2.75, 3.05) is 0 Å². The first-order chi connectivity index (χ1) is 6.29. The van der Waals surface area contributed by atoms with Crippen LogP contribution in [0.1, 0.15) is 10.5 Å². The minimum Gasteiger partial charge on any atom is -0.431 e. The van der Waals surface area contributed by atoms with Gasteiger partial charge in [-0.3, -0.25) is 4.79 Å². The van der Waals surface area contributed by atoms with Crippen molar-refractivity contribution in [1.82, 2.24) is 14.8 Å². The second-order valence-electron chi connectivity index (χ2n) is 2.31. The molecule has 0 spiro atoms. The minimum absolute atomic E-state index is 0.221. The molecule has 0 aliphatic rings. The average Bonchev–Trinajstić information content (AvgIpc) is 2.74. The number of primary amides is 1. The van der Waals surface area contributed by atoms with E-state index in [4.69, 9.17) is 10.2 Å². The minimum atomic E-state index is -0.573. The van der Waals surface area contributed by atoms with Crippen LogP contribution in [0.4, 0.5) is 0 Å². The molecule has 0 aliphatic carbocycles. The molecule has 0 fully saturated rings. The van der Waals surface area contributed by atoms with Crippen molar-refractivity contribution in [3.05, 3.63) is 30.4 Å². The summed E-state index contributed by atoms with van der Waals surface area (Å²) < 4.78 is 6.19. The zero-order valence-corrected chi connectivity index (χ0v) is 6.54. The van der Waals surface area contributed by atoms with E-state index in [1.807, 2.05) is 0 Å². The highest BCUT2D eigenvalue weighted by molar-refractivity contribution is 5.91. The van der Waals surface area contributed by atoms with Crippen LogP contribution in [0.2, 0.25) is 0 Å². The van der Waals surface area contributed by atoms with Crippen LogP contribution in [0.5, 0.6) is 0 Å². The van der Waals surface area contributed by atoms with E-state index in [0.29, 0.717) is 0 Å². The van der Waals surface area contributed by atoms with E-state index in [1.54, 1.807) is 0 Å². The van der Waals surface area contributed by atoms with Crippen LogP contribution in [-0.4, -0.2) is 20.7 Å². The Hall–Kier alpha value is -2.11. The first-order valence-corrected chi connectivity index (χ1v) is 3.53. The summed E-state index contributed by atoms with van der Waals surface area (Å²) in [5, 5.41) is 3.84. The van der Waals surface area contributed by atoms with Gasteiger partial charge in [0.2, 0.25) is 0 Å². The van der Waals surface area contributed by atoms with Crippen LogP contribution >= 0.6 is 0 Å². The van der Waals surface area contributed by atoms with Crippen molar-refractivity contribution in [2.45, 2.75) is 0 Å². The normalized spacial score (nSPS) is 10.2. The summed E-state index contributed by atoms with van der Waals surface area (Å²) in [4.78, 5) is 14.7. The molecular formula is C7H6N4O2. The Morgan fingerprint density at radius 1 is 1.54 bits per heavy atom. The third kappa shape index (κ3) is 1.18. The Labute approximate surface area is 73.0 Å². The molecule has 66 valence electrons. The molecule has 13 heavy (non-hydrogen) atoms. The summed E-state index contributed by atoms with van der Waals surface area (Å²) in [5.74, 6) is -0.573. The molecule has 0 unspecified atom stereocenters. The SMILES string of the molecule is NC(=O)c1ccnn1-c1ncco1. The van der Waals surface area contributed by atoms with Crippen molar-refractivity contribution >= 4 is 5.91 Å². The molecule has 2 rings (SSSR count). The average molecular weight is 178 g/mol. The number of amides is 1. The first kappa shape index (κ1) is 7.53. The molecule has 6 nitrogen and oxygen atoms in total. The van der Waals surface area contributed by atoms with Crippen molar-refractivity contribution in [3.8, 4) is 6.01 Å². The van der Waals surface area contributed by atoms with Crippen molar-refractivity contribution in [1.29, 1.82) is 0 Å². The summed E-state index contributed by atoms with van der Waals surface area (Å²) in [6.07, 6.45) is 4.30. The second-order valence-corrected chi connectivity index (χ2v) is 2.31. The van der Waals surface area contributed by atoms with E-state index in [2.05, 4.69) is 10.1 Å². The van der Waals surface area contributed by atoms with Gasteiger partial charge in [-0.05, 0) is 6.07 Å². The molecule has 2 N–H and O–H groups in total. The van der Waals surface area contributed by atoms with E-state index >= 15 is 0 Å². The number of carbonyl (C=O) groups excluding carboxylic acids is 1. The van der Waals surface area contributed by atoms with Gasteiger partial charge in [0.05, 0.1) is 12.4 Å². The first-order valence-electron chi connectivity index (χ1n) is 3.53. The summed E-state index contributed by atoms with van der Waals surface area (Å²) in [6.45, 7) is 0. The van der Waals surface area contributed by atoms with Gasteiger partial charge >= 0.3 is 6.01 Å². The van der Waals surface area contributed by atoms with Crippen LogP contribution < -0.4 is 5.73 Å². The molecule has 6 heteroatoms. The highest BCUT2D eigenvalue weighted by atomic mass is 16.4. The molecule has 0 saturated heterocycles. The molecule has 1 amide bonds. The number of nitrogens with two attached hydrogens (primary N) is 1. The van der Waals surface area contributed by atoms with Gasteiger partial charge in [-0.15, -0.1) is 0 Å². The van der Waals surface area contributed by atoms with Crippen molar-refractivity contribution in [2.24, 2.45) is 5.73 Å². The lowest BCUT2D eigenvalue weighted by molar-refractivity contribution is 0.0992. The van der Waals surface area contributed by atoms with E-state index < -0.39 is 5.91 Å². The van der Waals surface area contributed by atoms with Crippen molar-refractivity contribution < 1.29 is 9.21 Å². The lowest BCUT2D eigenvalue weighted by Gasteiger charge is -1.97. The maximum Gasteiger partial charge on any atom is 0.323 e. The molecule has 0 radical (unpaired) electrons. The van der Waals surface area contributed by atoms with E-state index in [0.717, 1.165) is 0 Å². The predicted molar refractivity (Wildman–Crippen MR) is 42.1 cm³/mol. The standard InChI is InChI=1S/C7H6N4O2/c8-6(12)5-1-2-10-11(5)7-9-3-4-13-7/h1-4H,(H2,8,12). The third-order valence-electron chi connectivity index (χ3n) is 1.50. The number of hydrogen-bond acceptors (Lipinski definition) is 4. The molecule has 0 bridgehead atoms. The fourth-order valence-electron chi connectivity index (χ4n) is 0.963. The van der Waals surface area contributed by atoms with E-state index in [1.165, 1.54) is 29.4 Å². The van der Waals surface area contributed by atoms with Crippen LogP contribution in [0.15, 0.2) is 29.1 Å². The number of rotatable bonds is 2. The molecule has 2 aromatic heterocycles. The summed E-state index contributed by atoms with van der Waals surface area (Å²) >= 11 is 0. The number of nitrogens with zero attached hydrogens (tertiary/aromatic N) is 3. The van der Waals surface area contributed by atoms with Gasteiger partial charge in [-0.2, -0.15) is 9.78 Å². The topological polar surface area (TPSA) is 86.9 Å². The lowest BCUT2D eigenvalue weighted by Crippen LogP contribution is -2.16. The molecule has 0 aliphatic heterocycles. The molecule has 0 aromatic carbocycles. The Balaban J connectivity index is 2.52. The van der Waals surface area contributed by atoms with Gasteiger partial charge in [0.15, 0.2) is 0 Å². The van der Waals surface area contributed by atoms with Crippen molar-refractivity contribution in [3.63, 3.8) is 0 Å². The highest BCUT2D eigenvalue weighted by Crippen LogP contribution is 2.06. The van der Waals surface area contributed by atoms with Crippen LogP contribution in [0.25, 0.3) is 6.01 Å². The zero-order chi connectivity index (χ0) is 9.26. The predicted octanol–water partition coefficient (Wildman–Crippen LogP) is -0.0408. The molecule has 0 atom stereocenters. The maximum absolute atomic E-state index is 10.9. The Morgan fingerprint density at radius 3 is 3.00 bits per heavy atom. The van der Waals surface area contributed by atoms with Gasteiger partial charge in [0.25, 0.3) is 5.91 Å². The molecule has 2 heterocycles. The van der Waals surface area contributed by atoms with Gasteiger partial charge < -0.3 is 10.2 Å². The number of carbonyl (C=O) groups is 1. The fourth-order valence-corrected chi connectivity index (χ4v) is 0.963. The fraction of sp³-hybridized carbons (Fsp3) is 0. The molecular weight excluding hydrogens is 172 g/mol.